The predicted octanol–water partition coefficient (Wildman–Crippen LogP) is -0.313. The van der Waals surface area contributed by atoms with Gasteiger partial charge in [-0.2, -0.15) is 0 Å². The summed E-state index contributed by atoms with van der Waals surface area (Å²) in [4.78, 5) is 10.3. The Hall–Kier alpha value is -1.44. The number of aryl methyl sites for hydroxylation is 1. The Kier molecular flexibility index (Phi) is 3.99. The second-order valence-corrected chi connectivity index (χ2v) is 5.65. The summed E-state index contributed by atoms with van der Waals surface area (Å²) in [5.41, 5.74) is 0.340. The van der Waals surface area contributed by atoms with Gasteiger partial charge in [-0.15, -0.1) is 5.10 Å². The molecule has 0 saturated carbocycles. The standard InChI is InChI=1S/C8H13N3O4S/c1-2-16(14,15)6-7-5-11(10-9-7)4-3-8(12)13/h5H,2-4,6H2,1H3,(H,12,13). The highest BCUT2D eigenvalue weighted by Gasteiger charge is 2.12. The van der Waals surface area contributed by atoms with Crippen LogP contribution in [0.5, 0.6) is 0 Å². The van der Waals surface area contributed by atoms with Gasteiger partial charge in [0.15, 0.2) is 9.84 Å². The minimum atomic E-state index is -3.12. The summed E-state index contributed by atoms with van der Waals surface area (Å²) in [6.45, 7) is 1.75. The SMILES string of the molecule is CCS(=O)(=O)Cc1cn(CCC(=O)O)nn1. The molecular formula is C8H13N3O4S. The largest absolute Gasteiger partial charge is 0.481 e. The average molecular weight is 247 g/mol. The molecule has 1 rings (SSSR count). The molecule has 0 atom stereocenters. The lowest BCUT2D eigenvalue weighted by molar-refractivity contribution is -0.137. The van der Waals surface area contributed by atoms with E-state index in [1.807, 2.05) is 0 Å². The van der Waals surface area contributed by atoms with Crippen LogP contribution in [0.1, 0.15) is 19.0 Å². The first-order chi connectivity index (χ1) is 7.43. The van der Waals surface area contributed by atoms with Gasteiger partial charge < -0.3 is 5.11 Å². The van der Waals surface area contributed by atoms with Crippen LogP contribution in [0.15, 0.2) is 6.20 Å². The fourth-order valence-electron chi connectivity index (χ4n) is 1.05. The van der Waals surface area contributed by atoms with Crippen molar-refractivity contribution in [2.24, 2.45) is 0 Å². The van der Waals surface area contributed by atoms with Crippen molar-refractivity contribution in [3.63, 3.8) is 0 Å². The molecule has 0 radical (unpaired) electrons. The van der Waals surface area contributed by atoms with Crippen molar-refractivity contribution >= 4 is 15.8 Å². The molecule has 1 N–H and O–H groups in total. The number of hydrogen-bond acceptors (Lipinski definition) is 5. The van der Waals surface area contributed by atoms with Crippen LogP contribution in [-0.4, -0.2) is 40.2 Å². The van der Waals surface area contributed by atoms with E-state index in [1.54, 1.807) is 6.92 Å². The summed E-state index contributed by atoms with van der Waals surface area (Å²) in [7, 11) is -3.12. The number of carboxylic acids is 1. The van der Waals surface area contributed by atoms with Gasteiger partial charge in [-0.3, -0.25) is 9.48 Å². The van der Waals surface area contributed by atoms with Crippen LogP contribution in [0, 0.1) is 0 Å². The lowest BCUT2D eigenvalue weighted by Gasteiger charge is -1.96. The zero-order chi connectivity index (χ0) is 12.2. The highest BCUT2D eigenvalue weighted by Crippen LogP contribution is 2.02. The van der Waals surface area contributed by atoms with Gasteiger partial charge in [0, 0.05) is 11.9 Å². The lowest BCUT2D eigenvalue weighted by Crippen LogP contribution is -2.07. The normalized spacial score (nSPS) is 11.6. The van der Waals surface area contributed by atoms with Crippen molar-refractivity contribution in [1.29, 1.82) is 0 Å². The third-order valence-electron chi connectivity index (χ3n) is 1.95. The summed E-state index contributed by atoms with van der Waals surface area (Å²) in [6.07, 6.45) is 1.39. The maximum absolute atomic E-state index is 11.3. The van der Waals surface area contributed by atoms with E-state index in [1.165, 1.54) is 10.9 Å². The quantitative estimate of drug-likeness (QED) is 0.739. The zero-order valence-corrected chi connectivity index (χ0v) is 9.64. The molecule has 90 valence electrons. The number of rotatable bonds is 6. The Bertz CT molecular complexity index is 465. The molecule has 1 aromatic heterocycles. The molecule has 0 aliphatic rings. The predicted molar refractivity (Wildman–Crippen MR) is 55.4 cm³/mol. The summed E-state index contributed by atoms with van der Waals surface area (Å²) >= 11 is 0. The van der Waals surface area contributed by atoms with Crippen molar-refractivity contribution < 1.29 is 18.3 Å². The van der Waals surface area contributed by atoms with Crippen LogP contribution < -0.4 is 0 Å². The molecule has 16 heavy (non-hydrogen) atoms. The van der Waals surface area contributed by atoms with Gasteiger partial charge in [0.1, 0.15) is 0 Å². The lowest BCUT2D eigenvalue weighted by atomic mass is 10.4. The molecule has 1 heterocycles. The summed E-state index contributed by atoms with van der Waals surface area (Å²) in [5.74, 6) is -1.04. The van der Waals surface area contributed by atoms with Crippen LogP contribution in [0.2, 0.25) is 0 Å². The number of aliphatic carboxylic acids is 1. The van der Waals surface area contributed by atoms with Crippen LogP contribution >= 0.6 is 0 Å². The fraction of sp³-hybridized carbons (Fsp3) is 0.625. The van der Waals surface area contributed by atoms with Gasteiger partial charge in [-0.05, 0) is 0 Å². The van der Waals surface area contributed by atoms with Crippen molar-refractivity contribution in [2.45, 2.75) is 25.6 Å². The van der Waals surface area contributed by atoms with Gasteiger partial charge in [0.25, 0.3) is 0 Å². The van der Waals surface area contributed by atoms with Crippen molar-refractivity contribution in [3.05, 3.63) is 11.9 Å². The fourth-order valence-corrected chi connectivity index (χ4v) is 1.84. The topological polar surface area (TPSA) is 102 Å². The van der Waals surface area contributed by atoms with Gasteiger partial charge in [-0.1, -0.05) is 12.1 Å². The van der Waals surface area contributed by atoms with Crippen LogP contribution in [0.3, 0.4) is 0 Å². The molecule has 0 amide bonds. The van der Waals surface area contributed by atoms with Crippen LogP contribution in [-0.2, 0) is 26.9 Å². The second kappa shape index (κ2) is 5.06. The number of carbonyl (C=O) groups is 1. The highest BCUT2D eigenvalue weighted by atomic mass is 32.2. The Morgan fingerprint density at radius 3 is 2.81 bits per heavy atom. The van der Waals surface area contributed by atoms with Crippen molar-refractivity contribution in [1.82, 2.24) is 15.0 Å². The van der Waals surface area contributed by atoms with Gasteiger partial charge >= 0.3 is 5.97 Å². The molecule has 0 aliphatic carbocycles. The Morgan fingerprint density at radius 1 is 1.56 bits per heavy atom. The third kappa shape index (κ3) is 3.97. The molecule has 0 aliphatic heterocycles. The first-order valence-corrected chi connectivity index (χ1v) is 6.56. The van der Waals surface area contributed by atoms with Gasteiger partial charge in [0.05, 0.1) is 24.4 Å². The first-order valence-electron chi connectivity index (χ1n) is 4.74. The number of aromatic nitrogens is 3. The van der Waals surface area contributed by atoms with E-state index in [-0.39, 0.29) is 24.5 Å². The summed E-state index contributed by atoms with van der Waals surface area (Å²) < 4.78 is 23.9. The summed E-state index contributed by atoms with van der Waals surface area (Å²) in [6, 6.07) is 0. The third-order valence-corrected chi connectivity index (χ3v) is 3.56. The van der Waals surface area contributed by atoms with Crippen LogP contribution in [0.25, 0.3) is 0 Å². The van der Waals surface area contributed by atoms with E-state index in [0.717, 1.165) is 0 Å². The number of carboxylic acid groups (broad SMARTS) is 1. The average Bonchev–Trinajstić information content (AvgIpc) is 2.62. The number of nitrogens with zero attached hydrogens (tertiary/aromatic N) is 3. The molecule has 0 bridgehead atoms. The summed E-state index contributed by atoms with van der Waals surface area (Å²) in [5, 5.41) is 15.8. The van der Waals surface area contributed by atoms with Gasteiger partial charge in [-0.25, -0.2) is 8.42 Å². The van der Waals surface area contributed by atoms with Crippen molar-refractivity contribution in [3.8, 4) is 0 Å². The molecular weight excluding hydrogens is 234 g/mol. The molecule has 7 nitrogen and oxygen atoms in total. The molecule has 0 unspecified atom stereocenters. The highest BCUT2D eigenvalue weighted by molar-refractivity contribution is 7.90. The maximum atomic E-state index is 11.3. The minimum absolute atomic E-state index is 0.0506. The smallest absolute Gasteiger partial charge is 0.305 e. The molecule has 0 fully saturated rings. The van der Waals surface area contributed by atoms with Crippen molar-refractivity contribution in [2.75, 3.05) is 5.75 Å². The second-order valence-electron chi connectivity index (χ2n) is 3.29. The van der Waals surface area contributed by atoms with E-state index < -0.39 is 15.8 Å². The van der Waals surface area contributed by atoms with E-state index in [4.69, 9.17) is 5.11 Å². The Morgan fingerprint density at radius 2 is 2.25 bits per heavy atom. The molecule has 0 spiro atoms. The number of sulfone groups is 1. The van der Waals surface area contributed by atoms with Crippen LogP contribution in [0.4, 0.5) is 0 Å². The Labute approximate surface area is 93.0 Å². The number of hydrogen-bond donors (Lipinski definition) is 1. The monoisotopic (exact) mass is 247 g/mol. The molecule has 0 aromatic carbocycles. The first kappa shape index (κ1) is 12.6. The van der Waals surface area contributed by atoms with E-state index in [0.29, 0.717) is 5.69 Å². The maximum Gasteiger partial charge on any atom is 0.305 e. The molecule has 1 aromatic rings. The van der Waals surface area contributed by atoms with Gasteiger partial charge in [0.2, 0.25) is 0 Å². The Balaban J connectivity index is 2.62. The molecule has 8 heteroatoms. The van der Waals surface area contributed by atoms with E-state index in [9.17, 15) is 13.2 Å². The molecule has 0 saturated heterocycles. The van der Waals surface area contributed by atoms with E-state index in [2.05, 4.69) is 10.3 Å². The zero-order valence-electron chi connectivity index (χ0n) is 8.83. The minimum Gasteiger partial charge on any atom is -0.481 e. The van der Waals surface area contributed by atoms with E-state index >= 15 is 0 Å².